The summed E-state index contributed by atoms with van der Waals surface area (Å²) >= 11 is 0. The number of hydrogen-bond donors (Lipinski definition) is 0. The lowest BCUT2D eigenvalue weighted by molar-refractivity contribution is -0.384. The number of sulfonamides is 1. The summed E-state index contributed by atoms with van der Waals surface area (Å²) < 4.78 is 26.6. The van der Waals surface area contributed by atoms with Crippen molar-refractivity contribution < 1.29 is 18.1 Å². The molecular weight excluding hydrogens is 358 g/mol. The van der Waals surface area contributed by atoms with Crippen LogP contribution in [0.5, 0.6) is 0 Å². The summed E-state index contributed by atoms with van der Waals surface area (Å²) in [6.07, 6.45) is 0. The molecule has 0 aliphatic carbocycles. The average molecular weight is 375 g/mol. The fourth-order valence-electron chi connectivity index (χ4n) is 2.78. The van der Waals surface area contributed by atoms with Crippen LogP contribution in [0.15, 0.2) is 59.5 Å². The number of rotatable bonds is 4. The van der Waals surface area contributed by atoms with Crippen molar-refractivity contribution in [2.75, 3.05) is 26.2 Å². The summed E-state index contributed by atoms with van der Waals surface area (Å²) in [5.74, 6) is -0.267. The molecule has 1 heterocycles. The molecule has 1 aliphatic heterocycles. The van der Waals surface area contributed by atoms with Crippen molar-refractivity contribution in [1.29, 1.82) is 0 Å². The lowest BCUT2D eigenvalue weighted by Gasteiger charge is -2.34. The van der Waals surface area contributed by atoms with E-state index in [0.717, 1.165) is 0 Å². The summed E-state index contributed by atoms with van der Waals surface area (Å²) in [5, 5.41) is 10.7. The maximum absolute atomic E-state index is 12.6. The molecule has 2 aromatic rings. The molecule has 1 aliphatic rings. The second-order valence-corrected chi connectivity index (χ2v) is 7.75. The Balaban J connectivity index is 1.66. The normalized spacial score (nSPS) is 15.6. The molecule has 0 N–H and O–H groups in total. The smallest absolute Gasteiger partial charge is 0.269 e. The zero-order chi connectivity index (χ0) is 18.7. The molecule has 9 heteroatoms. The predicted molar refractivity (Wildman–Crippen MR) is 94.2 cm³/mol. The highest BCUT2D eigenvalue weighted by atomic mass is 32.2. The van der Waals surface area contributed by atoms with Gasteiger partial charge in [0.2, 0.25) is 10.0 Å². The molecule has 3 rings (SSSR count). The molecule has 0 saturated carbocycles. The van der Waals surface area contributed by atoms with E-state index < -0.39 is 14.9 Å². The van der Waals surface area contributed by atoms with Gasteiger partial charge in [-0.3, -0.25) is 14.9 Å². The van der Waals surface area contributed by atoms with Crippen LogP contribution in [0, 0.1) is 10.1 Å². The van der Waals surface area contributed by atoms with E-state index in [0.29, 0.717) is 5.56 Å². The number of nitro benzene ring substituents is 1. The molecular formula is C17H17N3O5S. The Bertz CT molecular complexity index is 905. The second-order valence-electron chi connectivity index (χ2n) is 5.81. The van der Waals surface area contributed by atoms with Gasteiger partial charge in [-0.15, -0.1) is 0 Å². The van der Waals surface area contributed by atoms with Gasteiger partial charge in [-0.2, -0.15) is 4.31 Å². The van der Waals surface area contributed by atoms with Crippen molar-refractivity contribution in [1.82, 2.24) is 9.21 Å². The molecule has 2 aromatic carbocycles. The SMILES string of the molecule is O=C(c1ccc([N+](=O)[O-])cc1)N1CCN(S(=O)(=O)c2ccccc2)CC1. The minimum Gasteiger partial charge on any atom is -0.336 e. The van der Waals surface area contributed by atoms with Crippen LogP contribution in [0.3, 0.4) is 0 Å². The number of nitro groups is 1. The van der Waals surface area contributed by atoms with Gasteiger partial charge in [0, 0.05) is 43.9 Å². The third-order valence-electron chi connectivity index (χ3n) is 4.23. The fraction of sp³-hybridized carbons (Fsp3) is 0.235. The number of piperazine rings is 1. The Hall–Kier alpha value is -2.78. The number of non-ortho nitro benzene ring substituents is 1. The highest BCUT2D eigenvalue weighted by Gasteiger charge is 2.30. The maximum atomic E-state index is 12.6. The summed E-state index contributed by atoms with van der Waals surface area (Å²) in [5.41, 5.74) is 0.260. The van der Waals surface area contributed by atoms with Crippen LogP contribution >= 0.6 is 0 Å². The summed E-state index contributed by atoms with van der Waals surface area (Å²) in [4.78, 5) is 24.4. The molecule has 0 bridgehead atoms. The maximum Gasteiger partial charge on any atom is 0.269 e. The van der Waals surface area contributed by atoms with E-state index in [-0.39, 0.29) is 42.7 Å². The Labute approximate surface area is 150 Å². The van der Waals surface area contributed by atoms with E-state index in [1.165, 1.54) is 28.6 Å². The quantitative estimate of drug-likeness (QED) is 0.598. The molecule has 0 atom stereocenters. The van der Waals surface area contributed by atoms with E-state index in [2.05, 4.69) is 0 Å². The van der Waals surface area contributed by atoms with Gasteiger partial charge in [-0.05, 0) is 24.3 Å². The Kier molecular flexibility index (Phi) is 5.01. The van der Waals surface area contributed by atoms with Crippen LogP contribution in [0.4, 0.5) is 5.69 Å². The van der Waals surface area contributed by atoms with Crippen molar-refractivity contribution in [3.8, 4) is 0 Å². The van der Waals surface area contributed by atoms with Crippen LogP contribution in [-0.2, 0) is 10.0 Å². The number of nitrogens with zero attached hydrogens (tertiary/aromatic N) is 3. The first-order valence-electron chi connectivity index (χ1n) is 7.98. The number of amides is 1. The number of carbonyl (C=O) groups is 1. The minimum absolute atomic E-state index is 0.0830. The fourth-order valence-corrected chi connectivity index (χ4v) is 4.22. The summed E-state index contributed by atoms with van der Waals surface area (Å²) in [6, 6.07) is 13.6. The number of benzene rings is 2. The molecule has 136 valence electrons. The molecule has 8 nitrogen and oxygen atoms in total. The van der Waals surface area contributed by atoms with E-state index in [9.17, 15) is 23.3 Å². The van der Waals surface area contributed by atoms with Gasteiger partial charge in [0.05, 0.1) is 9.82 Å². The van der Waals surface area contributed by atoms with Crippen LogP contribution in [0.1, 0.15) is 10.4 Å². The molecule has 1 fully saturated rings. The topological polar surface area (TPSA) is 101 Å². The zero-order valence-corrected chi connectivity index (χ0v) is 14.6. The third-order valence-corrected chi connectivity index (χ3v) is 6.14. The van der Waals surface area contributed by atoms with Gasteiger partial charge in [-0.1, -0.05) is 18.2 Å². The number of carbonyl (C=O) groups excluding carboxylic acids is 1. The van der Waals surface area contributed by atoms with Crippen LogP contribution in [0.25, 0.3) is 0 Å². The first-order chi connectivity index (χ1) is 12.4. The van der Waals surface area contributed by atoms with Crippen molar-refractivity contribution in [2.24, 2.45) is 0 Å². The van der Waals surface area contributed by atoms with Crippen molar-refractivity contribution >= 4 is 21.6 Å². The van der Waals surface area contributed by atoms with Crippen molar-refractivity contribution in [3.63, 3.8) is 0 Å². The Morgan fingerprint density at radius 3 is 2.04 bits per heavy atom. The van der Waals surface area contributed by atoms with Gasteiger partial charge < -0.3 is 4.90 Å². The highest BCUT2D eigenvalue weighted by Crippen LogP contribution is 2.19. The predicted octanol–water partition coefficient (Wildman–Crippen LogP) is 1.74. The summed E-state index contributed by atoms with van der Waals surface area (Å²) in [7, 11) is -3.57. The highest BCUT2D eigenvalue weighted by molar-refractivity contribution is 7.89. The van der Waals surface area contributed by atoms with E-state index >= 15 is 0 Å². The van der Waals surface area contributed by atoms with Crippen molar-refractivity contribution in [3.05, 3.63) is 70.3 Å². The first-order valence-corrected chi connectivity index (χ1v) is 9.42. The largest absolute Gasteiger partial charge is 0.336 e. The average Bonchev–Trinajstić information content (AvgIpc) is 2.68. The second kappa shape index (κ2) is 7.22. The molecule has 26 heavy (non-hydrogen) atoms. The lowest BCUT2D eigenvalue weighted by atomic mass is 10.1. The van der Waals surface area contributed by atoms with Gasteiger partial charge >= 0.3 is 0 Å². The first kappa shape index (κ1) is 18.0. The van der Waals surface area contributed by atoms with Crippen LogP contribution in [0.2, 0.25) is 0 Å². The Morgan fingerprint density at radius 2 is 1.50 bits per heavy atom. The van der Waals surface area contributed by atoms with Gasteiger partial charge in [0.25, 0.3) is 11.6 Å². The molecule has 0 aromatic heterocycles. The van der Waals surface area contributed by atoms with Crippen LogP contribution < -0.4 is 0 Å². The molecule has 0 unspecified atom stereocenters. The Morgan fingerprint density at radius 1 is 0.923 bits per heavy atom. The van der Waals surface area contributed by atoms with E-state index in [4.69, 9.17) is 0 Å². The van der Waals surface area contributed by atoms with Crippen LogP contribution in [-0.4, -0.2) is 54.6 Å². The molecule has 0 spiro atoms. The van der Waals surface area contributed by atoms with E-state index in [1.54, 1.807) is 35.2 Å². The standard InChI is InChI=1S/C17H17N3O5S/c21-17(14-6-8-15(9-7-14)20(22)23)18-10-12-19(13-11-18)26(24,25)16-4-2-1-3-5-16/h1-9H,10-13H2. The zero-order valence-electron chi connectivity index (χ0n) is 13.8. The third kappa shape index (κ3) is 3.58. The van der Waals surface area contributed by atoms with Gasteiger partial charge in [0.15, 0.2) is 0 Å². The molecule has 0 radical (unpaired) electrons. The molecule has 1 saturated heterocycles. The van der Waals surface area contributed by atoms with Crippen molar-refractivity contribution in [2.45, 2.75) is 4.90 Å². The van der Waals surface area contributed by atoms with Gasteiger partial charge in [-0.25, -0.2) is 8.42 Å². The van der Waals surface area contributed by atoms with E-state index in [1.807, 2.05) is 0 Å². The monoisotopic (exact) mass is 375 g/mol. The lowest BCUT2D eigenvalue weighted by Crippen LogP contribution is -2.50. The van der Waals surface area contributed by atoms with Gasteiger partial charge in [0.1, 0.15) is 0 Å². The molecule has 1 amide bonds. The number of hydrogen-bond acceptors (Lipinski definition) is 5. The minimum atomic E-state index is -3.57. The summed E-state index contributed by atoms with van der Waals surface area (Å²) in [6.45, 7) is 0.940.